The predicted molar refractivity (Wildman–Crippen MR) is 108 cm³/mol. The Labute approximate surface area is 163 Å². The molecule has 150 valence electrons. The molecule has 4 N–H and O–H groups in total. The van der Waals surface area contributed by atoms with Crippen molar-refractivity contribution >= 4 is 5.91 Å². The second kappa shape index (κ2) is 10.7. The van der Waals surface area contributed by atoms with Gasteiger partial charge in [-0.1, -0.05) is 30.7 Å². The second-order valence-electron chi connectivity index (χ2n) is 8.27. The fourth-order valence-corrected chi connectivity index (χ4v) is 4.51. The zero-order valence-corrected chi connectivity index (χ0v) is 16.7. The maximum absolute atomic E-state index is 10.8. The van der Waals surface area contributed by atoms with Crippen LogP contribution in [0.4, 0.5) is 0 Å². The molecule has 2 saturated carbocycles. The zero-order valence-electron chi connectivity index (χ0n) is 16.7. The third-order valence-electron chi connectivity index (χ3n) is 6.14. The minimum absolute atomic E-state index is 0.0995. The lowest BCUT2D eigenvalue weighted by molar-refractivity contribution is -0.118. The number of primary amides is 1. The fourth-order valence-electron chi connectivity index (χ4n) is 4.51. The van der Waals surface area contributed by atoms with E-state index in [1.54, 1.807) is 0 Å². The van der Waals surface area contributed by atoms with Crippen molar-refractivity contribution in [3.63, 3.8) is 0 Å². The van der Waals surface area contributed by atoms with E-state index in [2.05, 4.69) is 17.9 Å². The van der Waals surface area contributed by atoms with Gasteiger partial charge in [0.05, 0.1) is 12.2 Å². The van der Waals surface area contributed by atoms with Gasteiger partial charge in [-0.2, -0.15) is 0 Å². The minimum atomic E-state index is -0.515. The zero-order chi connectivity index (χ0) is 19.8. The third kappa shape index (κ3) is 6.52. The quantitative estimate of drug-likeness (QED) is 0.329. The van der Waals surface area contributed by atoms with E-state index >= 15 is 0 Å². The second-order valence-corrected chi connectivity index (χ2v) is 8.27. The van der Waals surface area contributed by atoms with Gasteiger partial charge in [0.25, 0.3) is 0 Å². The summed E-state index contributed by atoms with van der Waals surface area (Å²) in [5.74, 6) is 6.92. The van der Waals surface area contributed by atoms with Crippen molar-refractivity contribution in [2.75, 3.05) is 0 Å². The molecule has 0 aliphatic heterocycles. The molecule has 2 aliphatic carbocycles. The first-order valence-corrected chi connectivity index (χ1v) is 10.3. The Bertz CT molecular complexity index is 613. The third-order valence-corrected chi connectivity index (χ3v) is 6.14. The predicted octanol–water partition coefficient (Wildman–Crippen LogP) is 3.33. The SMILES string of the molecule is CC#CC[C@H](C)[C@H](O)C=C[C@@H]1[C@H]2CC(=CCCCCC(N)=O)C[C@H]2C[C@H]1O. The highest BCUT2D eigenvalue weighted by molar-refractivity contribution is 5.73. The number of rotatable bonds is 9. The molecule has 2 fully saturated rings. The standard InChI is InChI=1S/C23H35NO3/c1-3-4-8-16(2)21(25)12-11-19-20-14-17(13-18(20)15-22(19)26)9-6-5-7-10-23(24)27/h9,11-12,16,18-22,25-26H,5-8,10,13-15H2,1-2H3,(H2,24,27)/t16-,18-,19+,20-,21+,22+/m0/s1. The van der Waals surface area contributed by atoms with Gasteiger partial charge in [0.15, 0.2) is 0 Å². The Morgan fingerprint density at radius 2 is 2.15 bits per heavy atom. The fraction of sp³-hybridized carbons (Fsp3) is 0.696. The number of carbonyl (C=O) groups excluding carboxylic acids is 1. The van der Waals surface area contributed by atoms with Gasteiger partial charge in [-0.15, -0.1) is 11.8 Å². The van der Waals surface area contributed by atoms with Crippen molar-refractivity contribution in [3.05, 3.63) is 23.8 Å². The lowest BCUT2D eigenvalue weighted by Crippen LogP contribution is -2.19. The van der Waals surface area contributed by atoms with Crippen molar-refractivity contribution in [3.8, 4) is 11.8 Å². The maximum atomic E-state index is 10.8. The summed E-state index contributed by atoms with van der Waals surface area (Å²) in [6.45, 7) is 3.81. The van der Waals surface area contributed by atoms with E-state index in [1.165, 1.54) is 5.57 Å². The molecule has 0 aromatic rings. The molecule has 0 aromatic heterocycles. The van der Waals surface area contributed by atoms with Crippen molar-refractivity contribution in [2.45, 2.75) is 77.4 Å². The number of fused-ring (bicyclic) bond motifs is 1. The van der Waals surface area contributed by atoms with Crippen LogP contribution in [0.15, 0.2) is 23.8 Å². The largest absolute Gasteiger partial charge is 0.392 e. The molecular weight excluding hydrogens is 338 g/mol. The molecule has 4 nitrogen and oxygen atoms in total. The number of allylic oxidation sites excluding steroid dienone is 2. The van der Waals surface area contributed by atoms with Crippen LogP contribution >= 0.6 is 0 Å². The van der Waals surface area contributed by atoms with E-state index in [1.807, 2.05) is 26.0 Å². The topological polar surface area (TPSA) is 83.5 Å². The first kappa shape index (κ1) is 21.7. The van der Waals surface area contributed by atoms with E-state index in [-0.39, 0.29) is 23.8 Å². The summed E-state index contributed by atoms with van der Waals surface area (Å²) in [6, 6.07) is 0. The Morgan fingerprint density at radius 3 is 2.85 bits per heavy atom. The van der Waals surface area contributed by atoms with Crippen molar-refractivity contribution in [1.29, 1.82) is 0 Å². The number of unbranched alkanes of at least 4 members (excludes halogenated alkanes) is 2. The lowest BCUT2D eigenvalue weighted by Gasteiger charge is -2.19. The molecule has 0 bridgehead atoms. The highest BCUT2D eigenvalue weighted by atomic mass is 16.3. The first-order chi connectivity index (χ1) is 12.9. The summed E-state index contributed by atoms with van der Waals surface area (Å²) < 4.78 is 0. The molecule has 2 rings (SSSR count). The Kier molecular flexibility index (Phi) is 8.60. The number of nitrogens with two attached hydrogens (primary N) is 1. The summed E-state index contributed by atoms with van der Waals surface area (Å²) in [5, 5.41) is 20.8. The average Bonchev–Trinajstić information content (AvgIpc) is 3.13. The van der Waals surface area contributed by atoms with Crippen molar-refractivity contribution in [2.24, 2.45) is 29.4 Å². The normalized spacial score (nSPS) is 30.9. The van der Waals surface area contributed by atoms with Crippen molar-refractivity contribution < 1.29 is 15.0 Å². The highest BCUT2D eigenvalue weighted by Crippen LogP contribution is 2.50. The van der Waals surface area contributed by atoms with Gasteiger partial charge < -0.3 is 15.9 Å². The van der Waals surface area contributed by atoms with Gasteiger partial charge in [0.2, 0.25) is 5.91 Å². The van der Waals surface area contributed by atoms with Crippen LogP contribution in [0, 0.1) is 35.5 Å². The Hall–Kier alpha value is -1.57. The van der Waals surface area contributed by atoms with Gasteiger partial charge >= 0.3 is 0 Å². The number of aliphatic hydroxyl groups is 2. The van der Waals surface area contributed by atoms with Crippen LogP contribution in [0.2, 0.25) is 0 Å². The average molecular weight is 374 g/mol. The van der Waals surface area contributed by atoms with E-state index in [0.717, 1.165) is 38.5 Å². The monoisotopic (exact) mass is 373 g/mol. The van der Waals surface area contributed by atoms with Gasteiger partial charge in [-0.05, 0) is 63.2 Å². The van der Waals surface area contributed by atoms with Crippen molar-refractivity contribution in [1.82, 2.24) is 0 Å². The Balaban J connectivity index is 1.85. The van der Waals surface area contributed by atoms with Gasteiger partial charge in [0.1, 0.15) is 0 Å². The van der Waals surface area contributed by atoms with Gasteiger partial charge in [-0.3, -0.25) is 4.79 Å². The van der Waals surface area contributed by atoms with Crippen LogP contribution in [-0.2, 0) is 4.79 Å². The van der Waals surface area contributed by atoms with Crippen LogP contribution in [0.1, 0.15) is 65.2 Å². The molecule has 0 unspecified atom stereocenters. The number of aliphatic hydroxyl groups excluding tert-OH is 2. The van der Waals surface area contributed by atoms with Crippen LogP contribution in [-0.4, -0.2) is 28.3 Å². The summed E-state index contributed by atoms with van der Waals surface area (Å²) in [4.78, 5) is 10.8. The minimum Gasteiger partial charge on any atom is -0.392 e. The van der Waals surface area contributed by atoms with Crippen LogP contribution < -0.4 is 5.73 Å². The molecule has 0 radical (unpaired) electrons. The summed E-state index contributed by atoms with van der Waals surface area (Å²) in [7, 11) is 0. The molecule has 1 amide bonds. The van der Waals surface area contributed by atoms with E-state index in [4.69, 9.17) is 5.73 Å². The Morgan fingerprint density at radius 1 is 1.37 bits per heavy atom. The number of carbonyl (C=O) groups is 1. The lowest BCUT2D eigenvalue weighted by atomic mass is 9.89. The molecule has 0 aromatic carbocycles. The summed E-state index contributed by atoms with van der Waals surface area (Å²) in [6.07, 6.45) is 12.4. The molecule has 0 heterocycles. The van der Waals surface area contributed by atoms with Gasteiger partial charge in [-0.25, -0.2) is 0 Å². The molecule has 4 heteroatoms. The van der Waals surface area contributed by atoms with Gasteiger partial charge in [0, 0.05) is 18.8 Å². The molecule has 6 atom stereocenters. The summed E-state index contributed by atoms with van der Waals surface area (Å²) in [5.41, 5.74) is 6.66. The van der Waals surface area contributed by atoms with E-state index < -0.39 is 6.10 Å². The number of amides is 1. The number of hydrogen-bond donors (Lipinski definition) is 3. The first-order valence-electron chi connectivity index (χ1n) is 10.3. The molecule has 0 saturated heterocycles. The van der Waals surface area contributed by atoms with Crippen LogP contribution in [0.25, 0.3) is 0 Å². The summed E-state index contributed by atoms with van der Waals surface area (Å²) >= 11 is 0. The van der Waals surface area contributed by atoms with Crippen LogP contribution in [0.3, 0.4) is 0 Å². The van der Waals surface area contributed by atoms with E-state index in [9.17, 15) is 15.0 Å². The smallest absolute Gasteiger partial charge is 0.217 e. The molecule has 2 aliphatic rings. The van der Waals surface area contributed by atoms with E-state index in [0.29, 0.717) is 24.7 Å². The molecular formula is C23H35NO3. The molecule has 27 heavy (non-hydrogen) atoms. The maximum Gasteiger partial charge on any atom is 0.217 e. The molecule has 0 spiro atoms. The van der Waals surface area contributed by atoms with Crippen LogP contribution in [0.5, 0.6) is 0 Å². The number of hydrogen-bond acceptors (Lipinski definition) is 3. The highest BCUT2D eigenvalue weighted by Gasteiger charge is 2.44.